The predicted molar refractivity (Wildman–Crippen MR) is 66.7 cm³/mol. The zero-order valence-corrected chi connectivity index (χ0v) is 11.8. The molecule has 0 aliphatic heterocycles. The van der Waals surface area contributed by atoms with Crippen LogP contribution < -0.4 is 0 Å². The summed E-state index contributed by atoms with van der Waals surface area (Å²) >= 11 is 0. The summed E-state index contributed by atoms with van der Waals surface area (Å²) in [6.07, 6.45) is -7.16. The van der Waals surface area contributed by atoms with Crippen molar-refractivity contribution >= 4 is 5.78 Å². The lowest BCUT2D eigenvalue weighted by atomic mass is 10.0. The van der Waals surface area contributed by atoms with E-state index in [1.54, 1.807) is 20.8 Å². The summed E-state index contributed by atoms with van der Waals surface area (Å²) in [6, 6.07) is 4.63. The van der Waals surface area contributed by atoms with Crippen molar-refractivity contribution in [2.45, 2.75) is 45.1 Å². The van der Waals surface area contributed by atoms with Gasteiger partial charge in [-0.1, -0.05) is 12.1 Å². The zero-order valence-electron chi connectivity index (χ0n) is 11.8. The highest BCUT2D eigenvalue weighted by atomic mass is 19.4. The standard InChI is InChI=1S/C14H16F4O3/c1-13(2,3)21-20-11(8-12(19)14(16,17)18)9-4-6-10(15)7-5-9/h4-7,11H,8H2,1-3H3/t11-/m0/s1. The van der Waals surface area contributed by atoms with Gasteiger partial charge in [-0.25, -0.2) is 14.2 Å². The highest BCUT2D eigenvalue weighted by Gasteiger charge is 2.40. The number of benzene rings is 1. The van der Waals surface area contributed by atoms with Crippen LogP contribution in [0.15, 0.2) is 24.3 Å². The van der Waals surface area contributed by atoms with Crippen molar-refractivity contribution in [3.05, 3.63) is 35.6 Å². The molecule has 0 aromatic heterocycles. The van der Waals surface area contributed by atoms with Gasteiger partial charge in [-0.05, 0) is 38.5 Å². The molecule has 7 heteroatoms. The van der Waals surface area contributed by atoms with Crippen LogP contribution in [-0.2, 0) is 14.6 Å². The summed E-state index contributed by atoms with van der Waals surface area (Å²) in [5.41, 5.74) is -0.544. The number of alkyl halides is 3. The second-order valence-electron chi connectivity index (χ2n) is 5.46. The molecule has 21 heavy (non-hydrogen) atoms. The topological polar surface area (TPSA) is 35.5 Å². The third-order valence-corrected chi connectivity index (χ3v) is 2.34. The maximum absolute atomic E-state index is 12.9. The Balaban J connectivity index is 2.89. The third kappa shape index (κ3) is 6.22. The molecular formula is C14H16F4O3. The highest BCUT2D eigenvalue weighted by Crippen LogP contribution is 2.29. The van der Waals surface area contributed by atoms with E-state index in [9.17, 15) is 22.4 Å². The number of hydrogen-bond donors (Lipinski definition) is 0. The molecule has 0 amide bonds. The Morgan fingerprint density at radius 3 is 2.10 bits per heavy atom. The highest BCUT2D eigenvalue weighted by molar-refractivity contribution is 5.84. The van der Waals surface area contributed by atoms with Gasteiger partial charge in [0.1, 0.15) is 11.9 Å². The van der Waals surface area contributed by atoms with E-state index in [-0.39, 0.29) is 5.56 Å². The Morgan fingerprint density at radius 1 is 1.14 bits per heavy atom. The quantitative estimate of drug-likeness (QED) is 0.466. The van der Waals surface area contributed by atoms with Crippen molar-refractivity contribution < 1.29 is 32.1 Å². The average Bonchev–Trinajstić information content (AvgIpc) is 2.33. The van der Waals surface area contributed by atoms with Crippen LogP contribution in [-0.4, -0.2) is 17.6 Å². The van der Waals surface area contributed by atoms with Crippen LogP contribution in [0.3, 0.4) is 0 Å². The van der Waals surface area contributed by atoms with Gasteiger partial charge in [-0.15, -0.1) is 0 Å². The largest absolute Gasteiger partial charge is 0.450 e. The molecule has 1 aromatic rings. The molecule has 3 nitrogen and oxygen atoms in total. The van der Waals surface area contributed by atoms with Gasteiger partial charge >= 0.3 is 6.18 Å². The molecule has 0 radical (unpaired) electrons. The maximum Gasteiger partial charge on any atom is 0.450 e. The fraction of sp³-hybridized carbons (Fsp3) is 0.500. The number of hydrogen-bond acceptors (Lipinski definition) is 3. The lowest BCUT2D eigenvalue weighted by molar-refractivity contribution is -0.376. The van der Waals surface area contributed by atoms with E-state index in [0.29, 0.717) is 0 Å². The number of ketones is 1. The van der Waals surface area contributed by atoms with Crippen LogP contribution in [0.5, 0.6) is 0 Å². The number of rotatable bonds is 5. The van der Waals surface area contributed by atoms with Crippen molar-refractivity contribution in [2.24, 2.45) is 0 Å². The molecule has 0 N–H and O–H groups in total. The maximum atomic E-state index is 12.9. The molecule has 118 valence electrons. The molecule has 0 aliphatic rings. The van der Waals surface area contributed by atoms with Crippen LogP contribution in [0.1, 0.15) is 38.9 Å². The SMILES string of the molecule is CC(C)(C)OO[C@@H](CC(=O)C(F)(F)F)c1ccc(F)cc1. The second kappa shape index (κ2) is 6.53. The number of carbonyl (C=O) groups excluding carboxylic acids is 1. The summed E-state index contributed by atoms with van der Waals surface area (Å²) in [4.78, 5) is 21.0. The Bertz CT molecular complexity index is 474. The van der Waals surface area contributed by atoms with E-state index >= 15 is 0 Å². The zero-order chi connectivity index (χ0) is 16.3. The van der Waals surface area contributed by atoms with Gasteiger partial charge in [-0.3, -0.25) is 4.79 Å². The lowest BCUT2D eigenvalue weighted by Crippen LogP contribution is -2.27. The third-order valence-electron chi connectivity index (χ3n) is 2.34. The molecule has 0 unspecified atom stereocenters. The molecule has 1 rings (SSSR count). The fourth-order valence-electron chi connectivity index (χ4n) is 1.37. The molecular weight excluding hydrogens is 292 g/mol. The first-order valence-electron chi connectivity index (χ1n) is 6.19. The molecule has 0 heterocycles. The Morgan fingerprint density at radius 2 is 1.67 bits per heavy atom. The van der Waals surface area contributed by atoms with E-state index in [1.807, 2.05) is 0 Å². The fourth-order valence-corrected chi connectivity index (χ4v) is 1.37. The minimum Gasteiger partial charge on any atom is -0.289 e. The summed E-state index contributed by atoms with van der Waals surface area (Å²) in [7, 11) is 0. The van der Waals surface area contributed by atoms with Gasteiger partial charge < -0.3 is 0 Å². The molecule has 1 atom stereocenters. The first-order chi connectivity index (χ1) is 9.49. The first kappa shape index (κ1) is 17.6. The van der Waals surface area contributed by atoms with Gasteiger partial charge in [0.15, 0.2) is 0 Å². The minimum absolute atomic E-state index is 0.221. The van der Waals surface area contributed by atoms with Crippen molar-refractivity contribution in [3.63, 3.8) is 0 Å². The summed E-state index contributed by atoms with van der Waals surface area (Å²) in [5, 5.41) is 0. The normalized spacial score (nSPS) is 14.0. The van der Waals surface area contributed by atoms with Crippen molar-refractivity contribution in [1.29, 1.82) is 0 Å². The Hall–Kier alpha value is -1.47. The van der Waals surface area contributed by atoms with Gasteiger partial charge in [-0.2, -0.15) is 13.2 Å². The lowest BCUT2D eigenvalue weighted by Gasteiger charge is -2.23. The van der Waals surface area contributed by atoms with E-state index in [4.69, 9.17) is 9.78 Å². The second-order valence-corrected chi connectivity index (χ2v) is 5.46. The van der Waals surface area contributed by atoms with E-state index in [0.717, 1.165) is 12.1 Å². The number of carbonyl (C=O) groups is 1. The monoisotopic (exact) mass is 308 g/mol. The molecule has 0 bridgehead atoms. The predicted octanol–water partition coefficient (Wildman–Crippen LogP) is 4.14. The molecule has 0 aliphatic carbocycles. The van der Waals surface area contributed by atoms with Gasteiger partial charge in [0, 0.05) is 6.42 Å². The van der Waals surface area contributed by atoms with E-state index < -0.39 is 35.9 Å². The molecule has 0 saturated heterocycles. The number of halogens is 4. The molecule has 1 aromatic carbocycles. The molecule has 0 saturated carbocycles. The van der Waals surface area contributed by atoms with Gasteiger partial charge in [0.2, 0.25) is 5.78 Å². The van der Waals surface area contributed by atoms with Crippen molar-refractivity contribution in [2.75, 3.05) is 0 Å². The van der Waals surface area contributed by atoms with Crippen molar-refractivity contribution in [1.82, 2.24) is 0 Å². The summed E-state index contributed by atoms with van der Waals surface area (Å²) < 4.78 is 49.9. The first-order valence-corrected chi connectivity index (χ1v) is 6.19. The van der Waals surface area contributed by atoms with E-state index in [1.165, 1.54) is 12.1 Å². The van der Waals surface area contributed by atoms with Gasteiger partial charge in [0.05, 0.1) is 5.60 Å². The summed E-state index contributed by atoms with van der Waals surface area (Å²) in [6.45, 7) is 4.92. The van der Waals surface area contributed by atoms with Crippen LogP contribution in [0.2, 0.25) is 0 Å². The molecule has 0 fully saturated rings. The summed E-state index contributed by atoms with van der Waals surface area (Å²) in [5.74, 6) is -2.48. The van der Waals surface area contributed by atoms with Crippen molar-refractivity contribution in [3.8, 4) is 0 Å². The van der Waals surface area contributed by atoms with Crippen LogP contribution in [0.25, 0.3) is 0 Å². The van der Waals surface area contributed by atoms with E-state index in [2.05, 4.69) is 0 Å². The average molecular weight is 308 g/mol. The van der Waals surface area contributed by atoms with Crippen LogP contribution in [0.4, 0.5) is 17.6 Å². The van der Waals surface area contributed by atoms with Crippen LogP contribution >= 0.6 is 0 Å². The Kier molecular flexibility index (Phi) is 5.47. The Labute approximate surface area is 119 Å². The smallest absolute Gasteiger partial charge is 0.289 e. The molecule has 0 spiro atoms. The van der Waals surface area contributed by atoms with Gasteiger partial charge in [0.25, 0.3) is 0 Å². The van der Waals surface area contributed by atoms with Crippen LogP contribution in [0, 0.1) is 5.82 Å². The minimum atomic E-state index is -4.95. The number of Topliss-reactive ketones (excluding diaryl/α,β-unsaturated/α-hetero) is 1.